The summed E-state index contributed by atoms with van der Waals surface area (Å²) in [5, 5.41) is 13.6. The van der Waals surface area contributed by atoms with Crippen LogP contribution in [-0.4, -0.2) is 44.5 Å². The summed E-state index contributed by atoms with van der Waals surface area (Å²) in [4.78, 5) is 60.4. The molecular formula is C18H20FN5O6. The number of nitrogens with two attached hydrogens (primary N) is 1. The summed E-state index contributed by atoms with van der Waals surface area (Å²) in [6.45, 7) is 1.28. The number of nitrogens with zero attached hydrogens (tertiary/aromatic N) is 1. The van der Waals surface area contributed by atoms with Gasteiger partial charge in [-0.15, -0.1) is 0 Å². The highest BCUT2D eigenvalue weighted by atomic mass is 19.1. The molecule has 1 aromatic heterocycles. The van der Waals surface area contributed by atoms with Gasteiger partial charge in [-0.05, 0) is 18.9 Å². The van der Waals surface area contributed by atoms with E-state index >= 15 is 0 Å². The number of carbonyl (C=O) groups is 3. The fraction of sp³-hybridized carbons (Fsp3) is 0.278. The van der Waals surface area contributed by atoms with E-state index in [0.29, 0.717) is 10.8 Å². The van der Waals surface area contributed by atoms with Gasteiger partial charge in [0.2, 0.25) is 23.8 Å². The van der Waals surface area contributed by atoms with Crippen molar-refractivity contribution in [2.24, 2.45) is 5.73 Å². The molecule has 3 atom stereocenters. The molecule has 1 unspecified atom stereocenters. The van der Waals surface area contributed by atoms with E-state index in [-0.39, 0.29) is 6.42 Å². The van der Waals surface area contributed by atoms with Crippen LogP contribution < -0.4 is 27.6 Å². The molecule has 30 heavy (non-hydrogen) atoms. The molecule has 0 fully saturated rings. The molecule has 160 valence electrons. The molecule has 2 aromatic rings. The van der Waals surface area contributed by atoms with Crippen molar-refractivity contribution in [2.75, 3.05) is 0 Å². The Labute approximate surface area is 168 Å². The molecule has 2 amide bonds. The topological polar surface area (TPSA) is 176 Å². The zero-order valence-corrected chi connectivity index (χ0v) is 15.8. The molecule has 1 aromatic carbocycles. The maximum absolute atomic E-state index is 13.4. The molecule has 11 nitrogen and oxygen atoms in total. The smallest absolute Gasteiger partial charge is 0.347 e. The van der Waals surface area contributed by atoms with Gasteiger partial charge in [-0.3, -0.25) is 23.9 Å². The SMILES string of the molecule is C[C@H](NC(=O)[C@@H](N)Cc1ccccc1)C(=O)NC(C(=O)O)n1cc(F)c(=O)[nH]c1=O. The average Bonchev–Trinajstić information content (AvgIpc) is 2.69. The Kier molecular flexibility index (Phi) is 7.20. The first kappa shape index (κ1) is 22.5. The van der Waals surface area contributed by atoms with Crippen LogP contribution >= 0.6 is 0 Å². The molecule has 2 rings (SSSR count). The molecular weight excluding hydrogens is 401 g/mol. The second-order valence-electron chi connectivity index (χ2n) is 6.42. The van der Waals surface area contributed by atoms with Crippen molar-refractivity contribution < 1.29 is 23.9 Å². The van der Waals surface area contributed by atoms with Gasteiger partial charge in [-0.1, -0.05) is 30.3 Å². The van der Waals surface area contributed by atoms with E-state index in [1.165, 1.54) is 6.92 Å². The number of amides is 2. The van der Waals surface area contributed by atoms with E-state index in [1.54, 1.807) is 35.3 Å². The van der Waals surface area contributed by atoms with Gasteiger partial charge in [-0.25, -0.2) is 9.59 Å². The number of aromatic nitrogens is 2. The molecule has 0 spiro atoms. The Bertz CT molecular complexity index is 1050. The van der Waals surface area contributed by atoms with E-state index in [2.05, 4.69) is 5.32 Å². The predicted octanol–water partition coefficient (Wildman–Crippen LogP) is -1.55. The zero-order valence-electron chi connectivity index (χ0n) is 15.8. The maximum atomic E-state index is 13.4. The van der Waals surface area contributed by atoms with Crippen LogP contribution in [0.25, 0.3) is 0 Å². The predicted molar refractivity (Wildman–Crippen MR) is 102 cm³/mol. The summed E-state index contributed by atoms with van der Waals surface area (Å²) < 4.78 is 13.7. The second kappa shape index (κ2) is 9.60. The number of hydrogen-bond donors (Lipinski definition) is 5. The molecule has 0 aliphatic rings. The Hall–Kier alpha value is -3.80. The molecule has 0 saturated heterocycles. The van der Waals surface area contributed by atoms with Gasteiger partial charge in [0.15, 0.2) is 0 Å². The number of nitrogens with one attached hydrogen (secondary N) is 3. The lowest BCUT2D eigenvalue weighted by Gasteiger charge is -2.21. The lowest BCUT2D eigenvalue weighted by atomic mass is 10.1. The van der Waals surface area contributed by atoms with Gasteiger partial charge in [0.25, 0.3) is 5.56 Å². The van der Waals surface area contributed by atoms with Crippen LogP contribution in [0.5, 0.6) is 0 Å². The number of carboxylic acids is 1. The number of H-pyrrole nitrogens is 1. The third-order valence-corrected chi connectivity index (χ3v) is 4.10. The number of carbonyl (C=O) groups excluding carboxylic acids is 2. The monoisotopic (exact) mass is 421 g/mol. The summed E-state index contributed by atoms with van der Waals surface area (Å²) >= 11 is 0. The van der Waals surface area contributed by atoms with Crippen LogP contribution in [0.15, 0.2) is 46.1 Å². The molecule has 0 saturated carbocycles. The molecule has 12 heteroatoms. The van der Waals surface area contributed by atoms with Crippen molar-refractivity contribution in [1.82, 2.24) is 20.2 Å². The van der Waals surface area contributed by atoms with Crippen molar-refractivity contribution in [1.29, 1.82) is 0 Å². The van der Waals surface area contributed by atoms with E-state index in [4.69, 9.17) is 5.73 Å². The van der Waals surface area contributed by atoms with Crippen LogP contribution in [0, 0.1) is 5.82 Å². The highest BCUT2D eigenvalue weighted by molar-refractivity contribution is 5.91. The maximum Gasteiger partial charge on any atom is 0.347 e. The summed E-state index contributed by atoms with van der Waals surface area (Å²) in [7, 11) is 0. The van der Waals surface area contributed by atoms with Gasteiger partial charge in [0.05, 0.1) is 12.2 Å². The van der Waals surface area contributed by atoms with E-state index in [9.17, 15) is 33.5 Å². The molecule has 0 radical (unpaired) electrons. The van der Waals surface area contributed by atoms with E-state index < -0.39 is 53.1 Å². The third kappa shape index (κ3) is 5.61. The highest BCUT2D eigenvalue weighted by Crippen LogP contribution is 2.03. The van der Waals surface area contributed by atoms with Crippen molar-refractivity contribution in [3.63, 3.8) is 0 Å². The van der Waals surface area contributed by atoms with Crippen LogP contribution in [0.2, 0.25) is 0 Å². The standard InChI is InChI=1S/C18H20FN5O6/c1-9(21-16(27)12(20)7-10-5-3-2-4-6-10)14(25)22-13(17(28)29)24-8-11(19)15(26)23-18(24)30/h2-6,8-9,12-13H,7,20H2,1H3,(H,21,27)(H,22,25)(H,28,29)(H,23,26,30)/t9-,12-,13?/m0/s1. The van der Waals surface area contributed by atoms with Crippen LogP contribution in [-0.2, 0) is 20.8 Å². The fourth-order valence-electron chi connectivity index (χ4n) is 2.51. The molecule has 0 aliphatic carbocycles. The number of aliphatic carboxylic acids is 1. The van der Waals surface area contributed by atoms with Gasteiger partial charge in [0.1, 0.15) is 6.04 Å². The Morgan fingerprint density at radius 1 is 1.17 bits per heavy atom. The number of carboxylic acid groups (broad SMARTS) is 1. The number of halogens is 1. The summed E-state index contributed by atoms with van der Waals surface area (Å²) in [6, 6.07) is 6.75. The number of hydrogen-bond acceptors (Lipinski definition) is 6. The normalized spacial score (nSPS) is 13.7. The number of aromatic amines is 1. The van der Waals surface area contributed by atoms with Gasteiger partial charge in [0, 0.05) is 0 Å². The second-order valence-corrected chi connectivity index (χ2v) is 6.42. The zero-order chi connectivity index (χ0) is 22.4. The lowest BCUT2D eigenvalue weighted by molar-refractivity contribution is -0.145. The average molecular weight is 421 g/mol. The highest BCUT2D eigenvalue weighted by Gasteiger charge is 2.28. The van der Waals surface area contributed by atoms with E-state index in [1.807, 2.05) is 5.32 Å². The fourth-order valence-corrected chi connectivity index (χ4v) is 2.51. The van der Waals surface area contributed by atoms with Crippen molar-refractivity contribution in [3.8, 4) is 0 Å². The minimum Gasteiger partial charge on any atom is -0.478 e. The first-order valence-corrected chi connectivity index (χ1v) is 8.74. The van der Waals surface area contributed by atoms with Gasteiger partial charge in [-0.2, -0.15) is 4.39 Å². The molecule has 6 N–H and O–H groups in total. The van der Waals surface area contributed by atoms with Crippen LogP contribution in [0.4, 0.5) is 4.39 Å². The van der Waals surface area contributed by atoms with Crippen molar-refractivity contribution >= 4 is 17.8 Å². The number of rotatable bonds is 8. The molecule has 1 heterocycles. The molecule has 0 aliphatic heterocycles. The number of benzene rings is 1. The summed E-state index contributed by atoms with van der Waals surface area (Å²) in [5.74, 6) is -4.73. The molecule has 0 bridgehead atoms. The first-order chi connectivity index (χ1) is 14.1. The Morgan fingerprint density at radius 3 is 2.40 bits per heavy atom. The summed E-state index contributed by atoms with van der Waals surface area (Å²) in [5.41, 5.74) is 4.06. The largest absolute Gasteiger partial charge is 0.478 e. The van der Waals surface area contributed by atoms with Crippen LogP contribution in [0.3, 0.4) is 0 Å². The van der Waals surface area contributed by atoms with Crippen LogP contribution in [0.1, 0.15) is 18.7 Å². The minimum absolute atomic E-state index is 0.213. The lowest BCUT2D eigenvalue weighted by Crippen LogP contribution is -2.53. The Morgan fingerprint density at radius 2 is 1.80 bits per heavy atom. The van der Waals surface area contributed by atoms with Gasteiger partial charge >= 0.3 is 11.7 Å². The minimum atomic E-state index is -2.02. The Balaban J connectivity index is 2.06. The first-order valence-electron chi connectivity index (χ1n) is 8.74. The quantitative estimate of drug-likeness (QED) is 0.343. The van der Waals surface area contributed by atoms with E-state index in [0.717, 1.165) is 5.56 Å². The van der Waals surface area contributed by atoms with Gasteiger partial charge < -0.3 is 21.5 Å². The summed E-state index contributed by atoms with van der Waals surface area (Å²) in [6.07, 6.45) is -1.45. The van der Waals surface area contributed by atoms with Crippen molar-refractivity contribution in [3.05, 3.63) is 68.7 Å². The van der Waals surface area contributed by atoms with Crippen molar-refractivity contribution in [2.45, 2.75) is 31.6 Å². The third-order valence-electron chi connectivity index (χ3n) is 4.10.